The second-order valence-electron chi connectivity index (χ2n) is 3.93. The van der Waals surface area contributed by atoms with Gasteiger partial charge in [0.15, 0.2) is 5.82 Å². The molecule has 0 atom stereocenters. The molecule has 0 fully saturated rings. The molecule has 7 nitrogen and oxygen atoms in total. The van der Waals surface area contributed by atoms with Crippen LogP contribution < -0.4 is 5.84 Å². The molecule has 0 aliphatic carbocycles. The zero-order valence-electron chi connectivity index (χ0n) is 10.5. The summed E-state index contributed by atoms with van der Waals surface area (Å²) in [6.07, 6.45) is 0.698. The van der Waals surface area contributed by atoms with E-state index in [4.69, 9.17) is 5.84 Å². The minimum absolute atomic E-state index is 0.0744. The average molecular weight is 279 g/mol. The van der Waals surface area contributed by atoms with Gasteiger partial charge in [-0.1, -0.05) is 6.92 Å². The Morgan fingerprint density at radius 1 is 1.47 bits per heavy atom. The first-order chi connectivity index (χ1) is 9.02. The van der Waals surface area contributed by atoms with Gasteiger partial charge in [0.05, 0.1) is 4.92 Å². The van der Waals surface area contributed by atoms with E-state index in [1.54, 1.807) is 6.07 Å². The lowest BCUT2D eigenvalue weighted by molar-refractivity contribution is -0.385. The van der Waals surface area contributed by atoms with Crippen LogP contribution >= 0.6 is 11.8 Å². The minimum atomic E-state index is -0.415. The van der Waals surface area contributed by atoms with Crippen LogP contribution in [0.4, 0.5) is 5.69 Å². The van der Waals surface area contributed by atoms with Crippen LogP contribution in [0.5, 0.6) is 0 Å². The van der Waals surface area contributed by atoms with Crippen molar-refractivity contribution in [2.24, 2.45) is 0 Å². The largest absolute Gasteiger partial charge is 0.336 e. The third-order valence-corrected chi connectivity index (χ3v) is 3.76. The van der Waals surface area contributed by atoms with Crippen LogP contribution in [0.25, 0.3) is 0 Å². The topological polar surface area (TPSA) is 99.9 Å². The summed E-state index contributed by atoms with van der Waals surface area (Å²) in [7, 11) is 0. The van der Waals surface area contributed by atoms with Crippen LogP contribution in [0.3, 0.4) is 0 Å². The van der Waals surface area contributed by atoms with E-state index in [1.807, 2.05) is 13.8 Å². The predicted molar refractivity (Wildman–Crippen MR) is 71.5 cm³/mol. The summed E-state index contributed by atoms with van der Waals surface area (Å²) in [6, 6.07) is 4.69. The molecule has 1 aromatic carbocycles. The van der Waals surface area contributed by atoms with Gasteiger partial charge in [-0.3, -0.25) is 10.1 Å². The van der Waals surface area contributed by atoms with Crippen LogP contribution in [0, 0.1) is 17.0 Å². The lowest BCUT2D eigenvalue weighted by Crippen LogP contribution is -2.13. The molecule has 0 amide bonds. The highest BCUT2D eigenvalue weighted by Crippen LogP contribution is 2.30. The highest BCUT2D eigenvalue weighted by Gasteiger charge is 2.13. The molecule has 1 heterocycles. The van der Waals surface area contributed by atoms with Crippen molar-refractivity contribution in [1.29, 1.82) is 0 Å². The summed E-state index contributed by atoms with van der Waals surface area (Å²) in [5, 5.41) is 19.2. The molecule has 0 radical (unpaired) electrons. The third kappa shape index (κ3) is 2.68. The van der Waals surface area contributed by atoms with Crippen molar-refractivity contribution in [3.8, 4) is 0 Å². The van der Waals surface area contributed by atoms with Gasteiger partial charge in [-0.25, -0.2) is 4.68 Å². The van der Waals surface area contributed by atoms with Crippen molar-refractivity contribution < 1.29 is 4.92 Å². The Bertz CT molecular complexity index is 626. The van der Waals surface area contributed by atoms with Gasteiger partial charge in [0.25, 0.3) is 5.69 Å². The quantitative estimate of drug-likeness (QED) is 0.521. The number of hydrogen-bond donors (Lipinski definition) is 1. The van der Waals surface area contributed by atoms with Crippen molar-refractivity contribution in [1.82, 2.24) is 14.9 Å². The summed E-state index contributed by atoms with van der Waals surface area (Å²) in [6.45, 7) is 3.76. The molecule has 0 spiro atoms. The summed E-state index contributed by atoms with van der Waals surface area (Å²) < 4.78 is 1.44. The van der Waals surface area contributed by atoms with Crippen LogP contribution in [0.2, 0.25) is 0 Å². The Morgan fingerprint density at radius 3 is 2.74 bits per heavy atom. The van der Waals surface area contributed by atoms with E-state index >= 15 is 0 Å². The molecule has 2 aromatic rings. The first kappa shape index (κ1) is 13.3. The first-order valence-corrected chi connectivity index (χ1v) is 6.46. The number of nitro benzene ring substituents is 1. The maximum absolute atomic E-state index is 10.7. The second kappa shape index (κ2) is 5.27. The lowest BCUT2D eigenvalue weighted by atomic mass is 10.2. The van der Waals surface area contributed by atoms with Crippen molar-refractivity contribution in [2.75, 3.05) is 5.84 Å². The Kier molecular flexibility index (Phi) is 3.70. The predicted octanol–water partition coefficient (Wildman–Crippen LogP) is 1.92. The molecule has 0 saturated carbocycles. The van der Waals surface area contributed by atoms with Crippen molar-refractivity contribution in [3.63, 3.8) is 0 Å². The van der Waals surface area contributed by atoms with Gasteiger partial charge in [0.2, 0.25) is 5.16 Å². The Balaban J connectivity index is 2.28. The summed E-state index contributed by atoms with van der Waals surface area (Å²) >= 11 is 1.34. The smallest absolute Gasteiger partial charge is 0.269 e. The van der Waals surface area contributed by atoms with E-state index in [1.165, 1.54) is 28.6 Å². The lowest BCUT2D eigenvalue weighted by Gasteiger charge is -2.05. The molecule has 0 unspecified atom stereocenters. The van der Waals surface area contributed by atoms with Crippen LogP contribution in [0.15, 0.2) is 28.3 Å². The Morgan fingerprint density at radius 2 is 2.21 bits per heavy atom. The average Bonchev–Trinajstić information content (AvgIpc) is 2.72. The monoisotopic (exact) mass is 279 g/mol. The van der Waals surface area contributed by atoms with Gasteiger partial charge in [0.1, 0.15) is 0 Å². The fourth-order valence-corrected chi connectivity index (χ4v) is 2.42. The molecule has 19 heavy (non-hydrogen) atoms. The Labute approximate surface area is 113 Å². The van der Waals surface area contributed by atoms with E-state index < -0.39 is 4.92 Å². The van der Waals surface area contributed by atoms with Gasteiger partial charge in [-0.15, -0.1) is 10.2 Å². The number of nitrogens with zero attached hydrogens (tertiary/aromatic N) is 4. The number of non-ortho nitro benzene ring substituents is 1. The second-order valence-corrected chi connectivity index (χ2v) is 4.94. The zero-order chi connectivity index (χ0) is 14.0. The fraction of sp³-hybridized carbons (Fsp3) is 0.273. The first-order valence-electron chi connectivity index (χ1n) is 5.65. The Hall–Kier alpha value is -2.09. The number of rotatable bonds is 4. The van der Waals surface area contributed by atoms with E-state index in [9.17, 15) is 10.1 Å². The van der Waals surface area contributed by atoms with E-state index in [2.05, 4.69) is 10.2 Å². The fourth-order valence-electron chi connectivity index (χ4n) is 1.58. The zero-order valence-corrected chi connectivity index (χ0v) is 11.3. The molecule has 0 bridgehead atoms. The molecule has 0 saturated heterocycles. The highest BCUT2D eigenvalue weighted by atomic mass is 32.2. The molecule has 8 heteroatoms. The number of nitrogens with two attached hydrogens (primary N) is 1. The maximum Gasteiger partial charge on any atom is 0.269 e. The third-order valence-electron chi connectivity index (χ3n) is 2.62. The number of nitrogen functional groups attached to an aromatic ring is 1. The molecule has 0 aliphatic heterocycles. The molecule has 2 N–H and O–H groups in total. The van der Waals surface area contributed by atoms with Crippen molar-refractivity contribution >= 4 is 17.4 Å². The number of aromatic nitrogens is 3. The van der Waals surface area contributed by atoms with E-state index in [0.29, 0.717) is 17.4 Å². The van der Waals surface area contributed by atoms with Gasteiger partial charge < -0.3 is 5.84 Å². The molecule has 100 valence electrons. The van der Waals surface area contributed by atoms with Gasteiger partial charge in [-0.05, 0) is 30.3 Å². The summed E-state index contributed by atoms with van der Waals surface area (Å²) in [4.78, 5) is 11.1. The SMILES string of the molecule is CCc1nnc(Sc2ccc([N+](=O)[O-])cc2C)n1N. The van der Waals surface area contributed by atoms with Crippen LogP contribution in [-0.4, -0.2) is 19.8 Å². The highest BCUT2D eigenvalue weighted by molar-refractivity contribution is 7.99. The molecule has 0 aliphatic rings. The van der Waals surface area contributed by atoms with Crippen LogP contribution in [0.1, 0.15) is 18.3 Å². The van der Waals surface area contributed by atoms with E-state index in [-0.39, 0.29) is 5.69 Å². The summed E-state index contributed by atoms with van der Waals surface area (Å²) in [5.74, 6) is 6.55. The molecular formula is C11H13N5O2S. The van der Waals surface area contributed by atoms with Gasteiger partial charge in [-0.2, -0.15) is 0 Å². The number of nitro groups is 1. The van der Waals surface area contributed by atoms with Crippen molar-refractivity contribution in [2.45, 2.75) is 30.3 Å². The summed E-state index contributed by atoms with van der Waals surface area (Å²) in [5.41, 5.74) is 0.880. The molecule has 2 rings (SSSR count). The molecular weight excluding hydrogens is 266 g/mol. The van der Waals surface area contributed by atoms with Gasteiger partial charge in [0, 0.05) is 23.4 Å². The number of hydrogen-bond acceptors (Lipinski definition) is 6. The van der Waals surface area contributed by atoms with Crippen molar-refractivity contribution in [3.05, 3.63) is 39.7 Å². The van der Waals surface area contributed by atoms with Gasteiger partial charge >= 0.3 is 0 Å². The standard InChI is InChI=1S/C11H13N5O2S/c1-3-10-13-14-11(15(10)12)19-9-5-4-8(16(17)18)6-7(9)2/h4-6H,3,12H2,1-2H3. The number of aryl methyl sites for hydroxylation is 2. The molecule has 1 aromatic heterocycles. The minimum Gasteiger partial charge on any atom is -0.336 e. The maximum atomic E-state index is 10.7. The normalized spacial score (nSPS) is 10.6. The van der Waals surface area contributed by atoms with Crippen LogP contribution in [-0.2, 0) is 6.42 Å². The van der Waals surface area contributed by atoms with E-state index in [0.717, 1.165) is 10.5 Å². The number of benzene rings is 1.